The molecule has 0 unspecified atom stereocenters. The summed E-state index contributed by atoms with van der Waals surface area (Å²) >= 11 is 0. The van der Waals surface area contributed by atoms with E-state index < -0.39 is 0 Å². The van der Waals surface area contributed by atoms with Gasteiger partial charge in [0.25, 0.3) is 0 Å². The van der Waals surface area contributed by atoms with Gasteiger partial charge in [-0.1, -0.05) is 29.5 Å². The summed E-state index contributed by atoms with van der Waals surface area (Å²) in [5, 5.41) is 17.4. The molecule has 136 valence electrons. The summed E-state index contributed by atoms with van der Waals surface area (Å²) in [5.74, 6) is 0.925. The zero-order valence-electron chi connectivity index (χ0n) is 14.8. The lowest BCUT2D eigenvalue weighted by Crippen LogP contribution is -2.34. The third-order valence-corrected chi connectivity index (χ3v) is 5.05. The summed E-state index contributed by atoms with van der Waals surface area (Å²) in [6.07, 6.45) is 6.39. The third-order valence-electron chi connectivity index (χ3n) is 5.05. The minimum absolute atomic E-state index is 0.117. The maximum Gasteiger partial charge on any atom is 0.134 e. The van der Waals surface area contributed by atoms with E-state index in [1.54, 1.807) is 6.26 Å². The van der Waals surface area contributed by atoms with E-state index in [1.807, 2.05) is 23.0 Å². The molecule has 3 heterocycles. The summed E-state index contributed by atoms with van der Waals surface area (Å²) < 4.78 is 7.56. The van der Waals surface area contributed by atoms with Gasteiger partial charge in [0.15, 0.2) is 0 Å². The van der Waals surface area contributed by atoms with Gasteiger partial charge in [-0.05, 0) is 30.5 Å². The lowest BCUT2D eigenvalue weighted by molar-refractivity contribution is 0.172. The first kappa shape index (κ1) is 17.0. The lowest BCUT2D eigenvalue weighted by Gasteiger charge is -2.32. The number of furan rings is 1. The van der Waals surface area contributed by atoms with Gasteiger partial charge in [0, 0.05) is 44.4 Å². The molecule has 0 amide bonds. The third kappa shape index (κ3) is 3.71. The number of piperidine rings is 1. The second-order valence-electron chi connectivity index (χ2n) is 6.81. The van der Waals surface area contributed by atoms with Crippen molar-refractivity contribution in [1.82, 2.24) is 19.9 Å². The van der Waals surface area contributed by atoms with E-state index in [0.29, 0.717) is 12.5 Å². The Morgan fingerprint density at radius 3 is 2.73 bits per heavy atom. The highest BCUT2D eigenvalue weighted by Crippen LogP contribution is 2.28. The average Bonchev–Trinajstić information content (AvgIpc) is 3.35. The van der Waals surface area contributed by atoms with Crippen LogP contribution < -0.4 is 0 Å². The Morgan fingerprint density at radius 2 is 1.96 bits per heavy atom. The zero-order valence-corrected chi connectivity index (χ0v) is 14.8. The molecule has 1 saturated heterocycles. The van der Waals surface area contributed by atoms with Crippen LogP contribution in [-0.4, -0.2) is 44.7 Å². The summed E-state index contributed by atoms with van der Waals surface area (Å²) in [4.78, 5) is 2.49. The molecule has 4 rings (SSSR count). The van der Waals surface area contributed by atoms with Crippen molar-refractivity contribution >= 4 is 0 Å². The maximum atomic E-state index is 9.01. The quantitative estimate of drug-likeness (QED) is 0.739. The predicted molar refractivity (Wildman–Crippen MR) is 98.5 cm³/mol. The van der Waals surface area contributed by atoms with Crippen LogP contribution in [0, 0.1) is 0 Å². The van der Waals surface area contributed by atoms with Crippen LogP contribution in [0.2, 0.25) is 0 Å². The van der Waals surface area contributed by atoms with E-state index in [4.69, 9.17) is 9.52 Å². The molecular formula is C20H24N4O2. The molecule has 1 aliphatic heterocycles. The first-order valence-electron chi connectivity index (χ1n) is 9.19. The van der Waals surface area contributed by atoms with Gasteiger partial charge in [-0.3, -0.25) is 4.90 Å². The fourth-order valence-electron chi connectivity index (χ4n) is 3.63. The smallest absolute Gasteiger partial charge is 0.134 e. The molecule has 1 N–H and O–H groups in total. The summed E-state index contributed by atoms with van der Waals surface area (Å²) in [6.45, 7) is 3.11. The number of aliphatic hydroxyl groups excluding tert-OH is 1. The van der Waals surface area contributed by atoms with Crippen molar-refractivity contribution in [3.63, 3.8) is 0 Å². The lowest BCUT2D eigenvalue weighted by atomic mass is 10.0. The van der Waals surface area contributed by atoms with Crippen LogP contribution >= 0.6 is 0 Å². The van der Waals surface area contributed by atoms with Crippen molar-refractivity contribution in [2.75, 3.05) is 19.7 Å². The Morgan fingerprint density at radius 1 is 1.12 bits per heavy atom. The Balaban J connectivity index is 1.38. The summed E-state index contributed by atoms with van der Waals surface area (Å²) in [5.41, 5.74) is 3.33. The van der Waals surface area contributed by atoms with Gasteiger partial charge in [-0.25, -0.2) is 4.68 Å². The molecule has 0 spiro atoms. The number of rotatable bonds is 6. The van der Waals surface area contributed by atoms with Crippen molar-refractivity contribution in [3.05, 3.63) is 60.1 Å². The van der Waals surface area contributed by atoms with Crippen LogP contribution in [0.1, 0.15) is 30.1 Å². The Bertz CT molecular complexity index is 820. The summed E-state index contributed by atoms with van der Waals surface area (Å²) in [6, 6.07) is 12.8. The second kappa shape index (κ2) is 7.85. The molecule has 6 heteroatoms. The standard InChI is InChI=1S/C20H24N4O2/c25-12-9-17-15-24(22-21-17)18-7-10-23(11-8-18)14-16-4-1-2-5-19(16)20-6-3-13-26-20/h1-6,13,15,18,25H,7-12,14H2. The van der Waals surface area contributed by atoms with Crippen molar-refractivity contribution in [2.45, 2.75) is 31.8 Å². The molecule has 1 aromatic carbocycles. The van der Waals surface area contributed by atoms with E-state index >= 15 is 0 Å². The van der Waals surface area contributed by atoms with Gasteiger partial charge >= 0.3 is 0 Å². The van der Waals surface area contributed by atoms with E-state index in [0.717, 1.165) is 43.9 Å². The van der Waals surface area contributed by atoms with Crippen LogP contribution in [0.3, 0.4) is 0 Å². The topological polar surface area (TPSA) is 67.3 Å². The van der Waals surface area contributed by atoms with E-state index in [-0.39, 0.29) is 6.61 Å². The molecule has 6 nitrogen and oxygen atoms in total. The largest absolute Gasteiger partial charge is 0.464 e. The number of hydrogen-bond donors (Lipinski definition) is 1. The first-order chi connectivity index (χ1) is 12.8. The van der Waals surface area contributed by atoms with Crippen molar-refractivity contribution in [3.8, 4) is 11.3 Å². The number of aliphatic hydroxyl groups is 1. The Kier molecular flexibility index (Phi) is 5.13. The van der Waals surface area contributed by atoms with Gasteiger partial charge < -0.3 is 9.52 Å². The second-order valence-corrected chi connectivity index (χ2v) is 6.81. The Labute approximate surface area is 153 Å². The van der Waals surface area contributed by atoms with Crippen molar-refractivity contribution < 1.29 is 9.52 Å². The van der Waals surface area contributed by atoms with Crippen LogP contribution in [0.25, 0.3) is 11.3 Å². The highest BCUT2D eigenvalue weighted by molar-refractivity contribution is 5.61. The van der Waals surface area contributed by atoms with E-state index in [2.05, 4.69) is 39.5 Å². The number of benzene rings is 1. The zero-order chi connectivity index (χ0) is 17.8. The van der Waals surface area contributed by atoms with Crippen LogP contribution in [0.15, 0.2) is 53.3 Å². The average molecular weight is 352 g/mol. The fourth-order valence-corrected chi connectivity index (χ4v) is 3.63. The van der Waals surface area contributed by atoms with Gasteiger partial charge in [0.1, 0.15) is 5.76 Å². The molecule has 3 aromatic rings. The monoisotopic (exact) mass is 352 g/mol. The van der Waals surface area contributed by atoms with Crippen LogP contribution in [0.5, 0.6) is 0 Å². The molecule has 1 fully saturated rings. The highest BCUT2D eigenvalue weighted by atomic mass is 16.3. The fraction of sp³-hybridized carbons (Fsp3) is 0.400. The highest BCUT2D eigenvalue weighted by Gasteiger charge is 2.22. The Hall–Kier alpha value is -2.44. The number of aromatic nitrogens is 3. The van der Waals surface area contributed by atoms with Crippen LogP contribution in [-0.2, 0) is 13.0 Å². The van der Waals surface area contributed by atoms with Gasteiger partial charge in [-0.15, -0.1) is 5.10 Å². The molecular weight excluding hydrogens is 328 g/mol. The minimum atomic E-state index is 0.117. The number of nitrogens with zero attached hydrogens (tertiary/aromatic N) is 4. The van der Waals surface area contributed by atoms with Gasteiger partial charge in [-0.2, -0.15) is 0 Å². The molecule has 0 radical (unpaired) electrons. The van der Waals surface area contributed by atoms with Gasteiger partial charge in [0.2, 0.25) is 0 Å². The van der Waals surface area contributed by atoms with Gasteiger partial charge in [0.05, 0.1) is 18.0 Å². The van der Waals surface area contributed by atoms with Crippen molar-refractivity contribution in [2.24, 2.45) is 0 Å². The molecule has 0 aliphatic carbocycles. The summed E-state index contributed by atoms with van der Waals surface area (Å²) in [7, 11) is 0. The molecule has 26 heavy (non-hydrogen) atoms. The molecule has 0 bridgehead atoms. The number of hydrogen-bond acceptors (Lipinski definition) is 5. The first-order valence-corrected chi connectivity index (χ1v) is 9.19. The van der Waals surface area contributed by atoms with E-state index in [1.165, 1.54) is 11.1 Å². The minimum Gasteiger partial charge on any atom is -0.464 e. The molecule has 2 aromatic heterocycles. The van der Waals surface area contributed by atoms with Crippen LogP contribution in [0.4, 0.5) is 0 Å². The van der Waals surface area contributed by atoms with E-state index in [9.17, 15) is 0 Å². The van der Waals surface area contributed by atoms with Crippen molar-refractivity contribution in [1.29, 1.82) is 0 Å². The maximum absolute atomic E-state index is 9.01. The molecule has 0 atom stereocenters. The number of likely N-dealkylation sites (tertiary alicyclic amines) is 1. The molecule has 0 saturated carbocycles. The predicted octanol–water partition coefficient (Wildman–Crippen LogP) is 2.91. The molecule has 1 aliphatic rings. The normalized spacial score (nSPS) is 16.2. The SMILES string of the molecule is OCCc1cn(C2CCN(Cc3ccccc3-c3ccco3)CC2)nn1.